The Morgan fingerprint density at radius 1 is 1.59 bits per heavy atom. The highest BCUT2D eigenvalue weighted by molar-refractivity contribution is 5.25. The third-order valence-electron chi connectivity index (χ3n) is 3.37. The average Bonchev–Trinajstić information content (AvgIpc) is 2.90. The monoisotopic (exact) mass is 235 g/mol. The van der Waals surface area contributed by atoms with Crippen LogP contribution >= 0.6 is 0 Å². The number of nitrogens with zero attached hydrogens (tertiary/aromatic N) is 2. The van der Waals surface area contributed by atoms with Crippen molar-refractivity contribution in [3.8, 4) is 5.88 Å². The lowest BCUT2D eigenvalue weighted by Gasteiger charge is -2.27. The highest BCUT2D eigenvalue weighted by Crippen LogP contribution is 2.19. The Bertz CT molecular complexity index is 350. The molecule has 2 heterocycles. The van der Waals surface area contributed by atoms with Crippen molar-refractivity contribution in [2.75, 3.05) is 26.7 Å². The van der Waals surface area contributed by atoms with Crippen LogP contribution in [-0.4, -0.2) is 42.7 Å². The summed E-state index contributed by atoms with van der Waals surface area (Å²) in [5.41, 5.74) is 1.17. The average molecular weight is 235 g/mol. The lowest BCUT2D eigenvalue weighted by molar-refractivity contribution is 0.207. The van der Waals surface area contributed by atoms with Gasteiger partial charge in [0.2, 0.25) is 5.88 Å². The Labute approximate surface area is 103 Å². The minimum absolute atomic E-state index is 0.643. The lowest BCUT2D eigenvalue weighted by Crippen LogP contribution is -2.36. The van der Waals surface area contributed by atoms with Gasteiger partial charge in [-0.25, -0.2) is 4.98 Å². The first-order valence-corrected chi connectivity index (χ1v) is 6.27. The van der Waals surface area contributed by atoms with Gasteiger partial charge in [-0.05, 0) is 25.6 Å². The molecule has 1 aromatic heterocycles. The van der Waals surface area contributed by atoms with E-state index in [0.29, 0.717) is 6.04 Å². The Morgan fingerprint density at radius 3 is 3.12 bits per heavy atom. The Kier molecular flexibility index (Phi) is 4.34. The number of aromatic nitrogens is 1. The second kappa shape index (κ2) is 5.98. The van der Waals surface area contributed by atoms with E-state index in [9.17, 15) is 0 Å². The second-order valence-electron chi connectivity index (χ2n) is 4.38. The number of methoxy groups -OCH3 is 1. The number of hydrogen-bond donors (Lipinski definition) is 1. The largest absolute Gasteiger partial charge is 0.481 e. The van der Waals surface area contributed by atoms with Crippen LogP contribution in [0, 0.1) is 0 Å². The van der Waals surface area contributed by atoms with Crippen LogP contribution < -0.4 is 10.1 Å². The van der Waals surface area contributed by atoms with Gasteiger partial charge in [-0.3, -0.25) is 4.90 Å². The maximum atomic E-state index is 5.30. The molecule has 1 aliphatic heterocycles. The van der Waals surface area contributed by atoms with E-state index >= 15 is 0 Å². The smallest absolute Gasteiger partial charge is 0.217 e. The molecule has 17 heavy (non-hydrogen) atoms. The van der Waals surface area contributed by atoms with E-state index < -0.39 is 0 Å². The van der Waals surface area contributed by atoms with Gasteiger partial charge in [0, 0.05) is 30.9 Å². The van der Waals surface area contributed by atoms with Gasteiger partial charge in [0.1, 0.15) is 0 Å². The first kappa shape index (κ1) is 12.3. The third-order valence-corrected chi connectivity index (χ3v) is 3.37. The number of nitrogens with one attached hydrogen (secondary N) is 1. The van der Waals surface area contributed by atoms with Crippen molar-refractivity contribution in [2.45, 2.75) is 25.9 Å². The fourth-order valence-electron chi connectivity index (χ4n) is 2.40. The molecule has 1 saturated heterocycles. The predicted octanol–water partition coefficient (Wildman–Crippen LogP) is 1.27. The summed E-state index contributed by atoms with van der Waals surface area (Å²) in [5, 5.41) is 3.41. The highest BCUT2D eigenvalue weighted by Gasteiger charge is 2.21. The summed E-state index contributed by atoms with van der Waals surface area (Å²) >= 11 is 0. The van der Waals surface area contributed by atoms with E-state index in [1.807, 2.05) is 6.07 Å². The lowest BCUT2D eigenvalue weighted by atomic mass is 10.2. The molecular weight excluding hydrogens is 214 g/mol. The molecule has 1 unspecified atom stereocenters. The minimum Gasteiger partial charge on any atom is -0.481 e. The molecule has 1 fully saturated rings. The van der Waals surface area contributed by atoms with Crippen molar-refractivity contribution >= 4 is 0 Å². The van der Waals surface area contributed by atoms with Crippen molar-refractivity contribution < 1.29 is 4.74 Å². The third kappa shape index (κ3) is 2.96. The first-order valence-electron chi connectivity index (χ1n) is 6.27. The molecular formula is C13H21N3O. The van der Waals surface area contributed by atoms with Crippen molar-refractivity contribution in [3.63, 3.8) is 0 Å². The summed E-state index contributed by atoms with van der Waals surface area (Å²) in [4.78, 5) is 6.73. The molecule has 0 amide bonds. The Morgan fingerprint density at radius 2 is 2.47 bits per heavy atom. The zero-order valence-corrected chi connectivity index (χ0v) is 10.6. The van der Waals surface area contributed by atoms with Gasteiger partial charge in [0.15, 0.2) is 0 Å². The van der Waals surface area contributed by atoms with Gasteiger partial charge < -0.3 is 10.1 Å². The molecule has 0 aliphatic carbocycles. The van der Waals surface area contributed by atoms with Crippen LogP contribution in [0.5, 0.6) is 5.88 Å². The Hall–Kier alpha value is -1.13. The summed E-state index contributed by atoms with van der Waals surface area (Å²) in [5.74, 6) is 0.747. The SMILES string of the molecule is CCN(Cc1cccnc1OC)C1CCNC1. The maximum absolute atomic E-state index is 5.30. The van der Waals surface area contributed by atoms with Gasteiger partial charge in [-0.2, -0.15) is 0 Å². The number of hydrogen-bond acceptors (Lipinski definition) is 4. The van der Waals surface area contributed by atoms with Crippen LogP contribution in [0.2, 0.25) is 0 Å². The summed E-state index contributed by atoms with van der Waals surface area (Å²) < 4.78 is 5.30. The topological polar surface area (TPSA) is 37.4 Å². The maximum Gasteiger partial charge on any atom is 0.217 e. The van der Waals surface area contributed by atoms with Gasteiger partial charge in [-0.1, -0.05) is 13.0 Å². The molecule has 0 bridgehead atoms. The predicted molar refractivity (Wildman–Crippen MR) is 68.1 cm³/mol. The van der Waals surface area contributed by atoms with Crippen LogP contribution in [0.25, 0.3) is 0 Å². The molecule has 0 spiro atoms. The molecule has 4 nitrogen and oxygen atoms in total. The highest BCUT2D eigenvalue weighted by atomic mass is 16.5. The van der Waals surface area contributed by atoms with Crippen LogP contribution in [0.15, 0.2) is 18.3 Å². The minimum atomic E-state index is 0.643. The fourth-order valence-corrected chi connectivity index (χ4v) is 2.40. The molecule has 94 valence electrons. The van der Waals surface area contributed by atoms with Crippen molar-refractivity contribution in [2.24, 2.45) is 0 Å². The van der Waals surface area contributed by atoms with E-state index in [1.54, 1.807) is 13.3 Å². The summed E-state index contributed by atoms with van der Waals surface area (Å²) in [6.07, 6.45) is 3.01. The number of pyridine rings is 1. The van der Waals surface area contributed by atoms with E-state index in [-0.39, 0.29) is 0 Å². The second-order valence-corrected chi connectivity index (χ2v) is 4.38. The number of likely N-dealkylation sites (N-methyl/N-ethyl adjacent to an activating group) is 1. The first-order chi connectivity index (χ1) is 8.35. The van der Waals surface area contributed by atoms with Crippen molar-refractivity contribution in [1.82, 2.24) is 15.2 Å². The van der Waals surface area contributed by atoms with Crippen molar-refractivity contribution in [3.05, 3.63) is 23.9 Å². The van der Waals surface area contributed by atoms with E-state index in [4.69, 9.17) is 4.74 Å². The fraction of sp³-hybridized carbons (Fsp3) is 0.615. The van der Waals surface area contributed by atoms with Crippen LogP contribution in [0.3, 0.4) is 0 Å². The number of ether oxygens (including phenoxy) is 1. The van der Waals surface area contributed by atoms with E-state index in [1.165, 1.54) is 12.0 Å². The molecule has 0 saturated carbocycles. The van der Waals surface area contributed by atoms with Gasteiger partial charge >= 0.3 is 0 Å². The van der Waals surface area contributed by atoms with Crippen LogP contribution in [-0.2, 0) is 6.54 Å². The van der Waals surface area contributed by atoms with Crippen LogP contribution in [0.1, 0.15) is 18.9 Å². The molecule has 0 radical (unpaired) electrons. The molecule has 2 rings (SSSR count). The summed E-state index contributed by atoms with van der Waals surface area (Å²) in [7, 11) is 1.68. The van der Waals surface area contributed by atoms with E-state index in [2.05, 4.69) is 28.2 Å². The molecule has 1 aliphatic rings. The molecule has 0 aromatic carbocycles. The molecule has 4 heteroatoms. The molecule has 1 aromatic rings. The van der Waals surface area contributed by atoms with Gasteiger partial charge in [0.05, 0.1) is 7.11 Å². The quantitative estimate of drug-likeness (QED) is 0.834. The normalized spacial score (nSPS) is 19.8. The summed E-state index contributed by atoms with van der Waals surface area (Å²) in [6, 6.07) is 4.71. The zero-order valence-electron chi connectivity index (χ0n) is 10.6. The molecule has 1 N–H and O–H groups in total. The standard InChI is InChI=1S/C13H21N3O/c1-3-16(12-6-8-14-9-12)10-11-5-4-7-15-13(11)17-2/h4-5,7,12,14H,3,6,8-10H2,1-2H3. The van der Waals surface area contributed by atoms with Gasteiger partial charge in [0.25, 0.3) is 0 Å². The Balaban J connectivity index is 2.06. The van der Waals surface area contributed by atoms with E-state index in [0.717, 1.165) is 32.1 Å². The van der Waals surface area contributed by atoms with Gasteiger partial charge in [-0.15, -0.1) is 0 Å². The summed E-state index contributed by atoms with van der Waals surface area (Å²) in [6.45, 7) is 6.41. The number of rotatable bonds is 5. The van der Waals surface area contributed by atoms with Crippen molar-refractivity contribution in [1.29, 1.82) is 0 Å². The van der Waals surface area contributed by atoms with Crippen LogP contribution in [0.4, 0.5) is 0 Å². The zero-order chi connectivity index (χ0) is 12.1. The molecule has 1 atom stereocenters.